The highest BCUT2D eigenvalue weighted by atomic mass is 15.4. The molecule has 5 heteroatoms. The highest BCUT2D eigenvalue weighted by Crippen LogP contribution is 2.23. The van der Waals surface area contributed by atoms with Crippen LogP contribution in [0.2, 0.25) is 0 Å². The van der Waals surface area contributed by atoms with Gasteiger partial charge in [0.25, 0.3) is 0 Å². The number of nitrogens with two attached hydrogens (primary N) is 1. The largest absolute Gasteiger partial charge is 0.323 e. The molecule has 5 nitrogen and oxygen atoms in total. The minimum absolute atomic E-state index is 0.0304. The Kier molecular flexibility index (Phi) is 2.99. The summed E-state index contributed by atoms with van der Waals surface area (Å²) in [6, 6.07) is 0.368. The molecule has 0 atom stereocenters. The van der Waals surface area contributed by atoms with Gasteiger partial charge >= 0.3 is 0 Å². The first kappa shape index (κ1) is 11.5. The van der Waals surface area contributed by atoms with E-state index in [4.69, 9.17) is 5.73 Å². The Morgan fingerprint density at radius 1 is 1.50 bits per heavy atom. The molecule has 0 spiro atoms. The molecule has 1 aromatic rings. The van der Waals surface area contributed by atoms with Crippen molar-refractivity contribution < 1.29 is 0 Å². The Hall–Kier alpha value is -0.940. The van der Waals surface area contributed by atoms with E-state index in [1.165, 1.54) is 0 Å². The molecule has 0 amide bonds. The lowest BCUT2D eigenvalue weighted by Crippen LogP contribution is -2.66. The van der Waals surface area contributed by atoms with Crippen molar-refractivity contribution in [1.82, 2.24) is 19.7 Å². The molecule has 16 heavy (non-hydrogen) atoms. The third kappa shape index (κ3) is 2.10. The molecule has 90 valence electrons. The zero-order valence-corrected chi connectivity index (χ0v) is 10.3. The summed E-state index contributed by atoms with van der Waals surface area (Å²) in [4.78, 5) is 6.63. The van der Waals surface area contributed by atoms with Crippen molar-refractivity contribution in [2.24, 2.45) is 5.73 Å². The van der Waals surface area contributed by atoms with Crippen molar-refractivity contribution in [2.45, 2.75) is 45.3 Å². The topological polar surface area (TPSA) is 60.0 Å². The van der Waals surface area contributed by atoms with Crippen LogP contribution in [0.1, 0.15) is 39.1 Å². The van der Waals surface area contributed by atoms with E-state index in [2.05, 4.69) is 35.8 Å². The summed E-state index contributed by atoms with van der Waals surface area (Å²) in [7, 11) is 0. The fourth-order valence-electron chi connectivity index (χ4n) is 2.20. The van der Waals surface area contributed by atoms with Gasteiger partial charge in [0, 0.05) is 24.7 Å². The van der Waals surface area contributed by atoms with E-state index >= 15 is 0 Å². The second kappa shape index (κ2) is 4.14. The van der Waals surface area contributed by atoms with Crippen LogP contribution in [0, 0.1) is 0 Å². The van der Waals surface area contributed by atoms with Gasteiger partial charge in [-0.3, -0.25) is 4.90 Å². The van der Waals surface area contributed by atoms with Crippen molar-refractivity contribution >= 4 is 0 Å². The molecule has 2 N–H and O–H groups in total. The van der Waals surface area contributed by atoms with Gasteiger partial charge in [-0.2, -0.15) is 5.10 Å². The zero-order valence-electron chi connectivity index (χ0n) is 10.3. The summed E-state index contributed by atoms with van der Waals surface area (Å²) in [6.07, 6.45) is 2.67. The molecule has 1 saturated heterocycles. The van der Waals surface area contributed by atoms with Gasteiger partial charge in [0.15, 0.2) is 0 Å². The fraction of sp³-hybridized carbons (Fsp3) is 0.818. The van der Waals surface area contributed by atoms with E-state index in [-0.39, 0.29) is 5.54 Å². The number of likely N-dealkylation sites (tertiary alicyclic amines) is 1. The predicted molar refractivity (Wildman–Crippen MR) is 62.9 cm³/mol. The lowest BCUT2D eigenvalue weighted by Gasteiger charge is -2.47. The van der Waals surface area contributed by atoms with Crippen LogP contribution in [0.15, 0.2) is 6.33 Å². The average molecular weight is 223 g/mol. The molecular weight excluding hydrogens is 202 g/mol. The van der Waals surface area contributed by atoms with Gasteiger partial charge < -0.3 is 5.73 Å². The molecule has 1 aliphatic heterocycles. The zero-order chi connectivity index (χ0) is 11.8. The maximum atomic E-state index is 6.13. The van der Waals surface area contributed by atoms with Crippen molar-refractivity contribution in [3.63, 3.8) is 0 Å². The second-order valence-corrected chi connectivity index (χ2v) is 5.08. The van der Waals surface area contributed by atoms with Crippen LogP contribution in [-0.4, -0.2) is 38.3 Å². The Morgan fingerprint density at radius 3 is 2.75 bits per heavy atom. The molecule has 2 rings (SSSR count). The van der Waals surface area contributed by atoms with Gasteiger partial charge in [0.05, 0.1) is 6.54 Å². The van der Waals surface area contributed by atoms with Crippen LogP contribution in [0.4, 0.5) is 0 Å². The molecule has 0 radical (unpaired) electrons. The molecule has 0 unspecified atom stereocenters. The van der Waals surface area contributed by atoms with Crippen LogP contribution in [0.3, 0.4) is 0 Å². The van der Waals surface area contributed by atoms with Crippen molar-refractivity contribution in [2.75, 3.05) is 13.1 Å². The number of rotatable bonds is 4. The molecule has 1 fully saturated rings. The average Bonchev–Trinajstić information content (AvgIpc) is 2.63. The first-order valence-corrected chi connectivity index (χ1v) is 5.94. The summed E-state index contributed by atoms with van der Waals surface area (Å²) in [5.74, 6) is 1.04. The lowest BCUT2D eigenvalue weighted by molar-refractivity contribution is 0.0566. The Bertz CT molecular complexity index is 351. The number of aromatic nitrogens is 3. The minimum atomic E-state index is 0.0304. The van der Waals surface area contributed by atoms with Crippen molar-refractivity contribution in [3.8, 4) is 0 Å². The Balaban J connectivity index is 1.94. The summed E-state index contributed by atoms with van der Waals surface area (Å²) in [6.45, 7) is 9.18. The normalized spacial score (nSPS) is 20.1. The van der Waals surface area contributed by atoms with E-state index in [0.29, 0.717) is 6.04 Å². The first-order valence-electron chi connectivity index (χ1n) is 5.94. The molecule has 0 aliphatic carbocycles. The highest BCUT2D eigenvalue weighted by molar-refractivity contribution is 5.01. The second-order valence-electron chi connectivity index (χ2n) is 5.08. The molecular formula is C11H21N5. The maximum absolute atomic E-state index is 6.13. The number of hydrogen-bond acceptors (Lipinski definition) is 4. The van der Waals surface area contributed by atoms with Crippen molar-refractivity contribution in [1.29, 1.82) is 0 Å². The lowest BCUT2D eigenvalue weighted by atomic mass is 9.88. The Labute approximate surface area is 96.6 Å². The van der Waals surface area contributed by atoms with Crippen molar-refractivity contribution in [3.05, 3.63) is 12.2 Å². The van der Waals surface area contributed by atoms with Crippen LogP contribution >= 0.6 is 0 Å². The molecule has 1 aromatic heterocycles. The van der Waals surface area contributed by atoms with E-state index < -0.39 is 0 Å². The molecule has 2 heterocycles. The third-order valence-electron chi connectivity index (χ3n) is 3.28. The summed E-state index contributed by atoms with van der Waals surface area (Å²) < 4.78 is 1.97. The third-order valence-corrected chi connectivity index (χ3v) is 3.28. The van der Waals surface area contributed by atoms with E-state index in [1.54, 1.807) is 6.33 Å². The minimum Gasteiger partial charge on any atom is -0.323 e. The molecule has 0 aromatic carbocycles. The molecule has 1 aliphatic rings. The summed E-state index contributed by atoms with van der Waals surface area (Å²) >= 11 is 0. The SMILES string of the molecule is CCC1(N)CN(Cc2ncnn2C(C)C)C1. The van der Waals surface area contributed by atoms with Gasteiger partial charge in [-0.05, 0) is 20.3 Å². The number of hydrogen-bond donors (Lipinski definition) is 1. The maximum Gasteiger partial charge on any atom is 0.141 e. The van der Waals surface area contributed by atoms with Gasteiger partial charge in [-0.15, -0.1) is 0 Å². The first-order chi connectivity index (χ1) is 7.54. The molecule has 0 bridgehead atoms. The van der Waals surface area contributed by atoms with Gasteiger partial charge in [0.2, 0.25) is 0 Å². The van der Waals surface area contributed by atoms with Gasteiger partial charge in [0.1, 0.15) is 12.2 Å². The van der Waals surface area contributed by atoms with Gasteiger partial charge in [-0.1, -0.05) is 6.92 Å². The van der Waals surface area contributed by atoms with Crippen LogP contribution in [0.5, 0.6) is 0 Å². The quantitative estimate of drug-likeness (QED) is 0.819. The monoisotopic (exact) mass is 223 g/mol. The van der Waals surface area contributed by atoms with E-state index in [0.717, 1.165) is 31.9 Å². The van der Waals surface area contributed by atoms with Crippen LogP contribution < -0.4 is 5.73 Å². The summed E-state index contributed by atoms with van der Waals surface area (Å²) in [5, 5.41) is 4.23. The molecule has 0 saturated carbocycles. The fourth-order valence-corrected chi connectivity index (χ4v) is 2.20. The standard InChI is InChI=1S/C11H21N5/c1-4-11(12)6-15(7-11)5-10-13-8-14-16(10)9(2)3/h8-9H,4-7,12H2,1-3H3. The Morgan fingerprint density at radius 2 is 2.19 bits per heavy atom. The van der Waals surface area contributed by atoms with Gasteiger partial charge in [-0.25, -0.2) is 9.67 Å². The number of nitrogens with zero attached hydrogens (tertiary/aromatic N) is 4. The van der Waals surface area contributed by atoms with Crippen LogP contribution in [0.25, 0.3) is 0 Å². The van der Waals surface area contributed by atoms with Crippen LogP contribution in [-0.2, 0) is 6.54 Å². The van der Waals surface area contributed by atoms with E-state index in [9.17, 15) is 0 Å². The summed E-state index contributed by atoms with van der Waals surface area (Å²) in [5.41, 5.74) is 6.17. The predicted octanol–water partition coefficient (Wildman–Crippen LogP) is 0.782. The van der Waals surface area contributed by atoms with E-state index in [1.807, 2.05) is 4.68 Å². The highest BCUT2D eigenvalue weighted by Gasteiger charge is 2.37. The smallest absolute Gasteiger partial charge is 0.141 e.